The van der Waals surface area contributed by atoms with Gasteiger partial charge >= 0.3 is 227 Å². The number of carbonyl (C=O) groups is 1. The molecule has 210 valence electrons. The summed E-state index contributed by atoms with van der Waals surface area (Å²) in [5, 5.41) is 0.222. The summed E-state index contributed by atoms with van der Waals surface area (Å²) in [5.74, 6) is 0. The summed E-state index contributed by atoms with van der Waals surface area (Å²) in [6.07, 6.45) is 9.45. The van der Waals surface area contributed by atoms with E-state index < -0.39 is 26.7 Å². The molecule has 0 aromatic rings. The second-order valence-electron chi connectivity index (χ2n) is 12.9. The predicted molar refractivity (Wildman–Crippen MR) is 160 cm³/mol. The second kappa shape index (κ2) is 17.0. The van der Waals surface area contributed by atoms with Gasteiger partial charge in [-0.1, -0.05) is 0 Å². The molecule has 4 nitrogen and oxygen atoms in total. The van der Waals surface area contributed by atoms with Crippen molar-refractivity contribution in [2.75, 3.05) is 6.61 Å². The molecule has 35 heavy (non-hydrogen) atoms. The number of nitrogens with zero attached hydrogens (tertiary/aromatic N) is 1. The first-order valence-electron chi connectivity index (χ1n) is 14.8. The molecule has 0 saturated carbocycles. The van der Waals surface area contributed by atoms with Gasteiger partial charge in [-0.2, -0.15) is 0 Å². The van der Waals surface area contributed by atoms with E-state index in [4.69, 9.17) is 9.16 Å². The fourth-order valence-corrected chi connectivity index (χ4v) is 23.3. The summed E-state index contributed by atoms with van der Waals surface area (Å²) in [6, 6.07) is 0.299. The van der Waals surface area contributed by atoms with Crippen molar-refractivity contribution < 1.29 is 14.0 Å². The van der Waals surface area contributed by atoms with Crippen molar-refractivity contribution in [3.8, 4) is 0 Å². The average molecular weight is 621 g/mol. The van der Waals surface area contributed by atoms with Crippen molar-refractivity contribution >= 4 is 32.8 Å². The molecule has 0 saturated heterocycles. The molecular formula is C29H63NO3SiSn. The third-order valence-corrected chi connectivity index (χ3v) is 29.4. The van der Waals surface area contributed by atoms with Gasteiger partial charge in [0.15, 0.2) is 0 Å². The van der Waals surface area contributed by atoms with Gasteiger partial charge in [0.05, 0.1) is 0 Å². The van der Waals surface area contributed by atoms with E-state index in [1.165, 1.54) is 51.8 Å². The molecule has 0 aliphatic heterocycles. The minimum absolute atomic E-state index is 0.0871. The van der Waals surface area contributed by atoms with Crippen LogP contribution < -0.4 is 0 Å². The van der Waals surface area contributed by atoms with Gasteiger partial charge in [0.25, 0.3) is 0 Å². The van der Waals surface area contributed by atoms with Crippen LogP contribution in [0, 0.1) is 0 Å². The quantitative estimate of drug-likeness (QED) is 0.113. The zero-order chi connectivity index (χ0) is 27.3. The first kappa shape index (κ1) is 35.2. The molecule has 6 heteroatoms. The predicted octanol–water partition coefficient (Wildman–Crippen LogP) is 9.80. The van der Waals surface area contributed by atoms with Gasteiger partial charge in [-0.3, -0.25) is 0 Å². The van der Waals surface area contributed by atoms with Crippen molar-refractivity contribution in [1.82, 2.24) is 4.90 Å². The van der Waals surface area contributed by atoms with Crippen LogP contribution in [0.4, 0.5) is 4.79 Å². The number of ether oxygens (including phenoxy) is 1. The summed E-state index contributed by atoms with van der Waals surface area (Å²) in [6.45, 7) is 27.7. The summed E-state index contributed by atoms with van der Waals surface area (Å²) in [5.41, 5.74) is 0. The Morgan fingerprint density at radius 3 is 1.60 bits per heavy atom. The van der Waals surface area contributed by atoms with E-state index >= 15 is 0 Å². The Kier molecular flexibility index (Phi) is 17.1. The maximum atomic E-state index is 13.5. The first-order valence-corrected chi connectivity index (χ1v) is 25.4. The molecule has 0 aliphatic rings. The Morgan fingerprint density at radius 2 is 1.26 bits per heavy atom. The fraction of sp³-hybridized carbons (Fsp3) is 0.966. The van der Waals surface area contributed by atoms with Crippen molar-refractivity contribution in [3.63, 3.8) is 0 Å². The number of rotatable bonds is 18. The van der Waals surface area contributed by atoms with Crippen LogP contribution in [0.25, 0.3) is 0 Å². The first-order chi connectivity index (χ1) is 16.2. The number of hydrogen-bond acceptors (Lipinski definition) is 3. The molecule has 0 N–H and O–H groups in total. The molecule has 1 amide bonds. The zero-order valence-corrected chi connectivity index (χ0v) is 29.7. The molecule has 0 aliphatic carbocycles. The van der Waals surface area contributed by atoms with Gasteiger partial charge in [-0.15, -0.1) is 0 Å². The van der Waals surface area contributed by atoms with Gasteiger partial charge in [-0.05, 0) is 0 Å². The van der Waals surface area contributed by atoms with Crippen molar-refractivity contribution in [2.24, 2.45) is 0 Å². The summed E-state index contributed by atoms with van der Waals surface area (Å²) in [7, 11) is -1.76. The SMILES string of the molecule is CCC[CH2][Sn]([CH2]CCC)([CH2]CCC)[C@@H](CCCO[Si](C)(C)C(C)(C)C)OC(=O)N(C(C)C)C(C)C. The van der Waals surface area contributed by atoms with E-state index in [0.29, 0.717) is 0 Å². The number of hydrogen-bond donors (Lipinski definition) is 0. The third kappa shape index (κ3) is 12.1. The van der Waals surface area contributed by atoms with Gasteiger partial charge in [0.2, 0.25) is 0 Å². The molecule has 0 spiro atoms. The van der Waals surface area contributed by atoms with Gasteiger partial charge in [-0.25, -0.2) is 0 Å². The summed E-state index contributed by atoms with van der Waals surface area (Å²) >= 11 is -2.77. The van der Waals surface area contributed by atoms with Crippen LogP contribution in [0.3, 0.4) is 0 Å². The van der Waals surface area contributed by atoms with Crippen LogP contribution in [-0.2, 0) is 9.16 Å². The summed E-state index contributed by atoms with van der Waals surface area (Å²) in [4.78, 5) is 15.5. The Morgan fingerprint density at radius 1 is 0.829 bits per heavy atom. The van der Waals surface area contributed by atoms with Crippen LogP contribution in [-0.4, -0.2) is 60.5 Å². The normalized spacial score (nSPS) is 14.0. The second-order valence-corrected chi connectivity index (χ2v) is 31.6. The van der Waals surface area contributed by atoms with E-state index in [9.17, 15) is 4.79 Å². The van der Waals surface area contributed by atoms with E-state index in [1.54, 1.807) is 0 Å². The van der Waals surface area contributed by atoms with Crippen LogP contribution in [0.2, 0.25) is 31.4 Å². The topological polar surface area (TPSA) is 38.8 Å². The van der Waals surface area contributed by atoms with Crippen molar-refractivity contribution in [1.29, 1.82) is 0 Å². The molecule has 1 atom stereocenters. The number of unbranched alkanes of at least 4 members (excludes halogenated alkanes) is 3. The Hall–Kier alpha value is 0.246. The van der Waals surface area contributed by atoms with Crippen molar-refractivity contribution in [2.45, 2.75) is 168 Å². The number of amides is 1. The molecule has 0 bridgehead atoms. The monoisotopic (exact) mass is 621 g/mol. The summed E-state index contributed by atoms with van der Waals surface area (Å²) < 4.78 is 17.4. The van der Waals surface area contributed by atoms with E-state index in [-0.39, 0.29) is 27.3 Å². The Bertz CT molecular complexity index is 545. The minimum atomic E-state index is -2.77. The van der Waals surface area contributed by atoms with Gasteiger partial charge in [0.1, 0.15) is 0 Å². The van der Waals surface area contributed by atoms with E-state index in [1.807, 2.05) is 4.90 Å². The molecule has 0 unspecified atom stereocenters. The van der Waals surface area contributed by atoms with Crippen LogP contribution in [0.5, 0.6) is 0 Å². The van der Waals surface area contributed by atoms with Crippen LogP contribution >= 0.6 is 0 Å². The molecule has 0 fully saturated rings. The zero-order valence-electron chi connectivity index (χ0n) is 25.9. The Labute approximate surface area is 225 Å². The standard InChI is InChI=1S/C17H36NO3Si.3C4H9.Sn/c1-14(2)18(15(3)4)16(19)20-12-10-11-13-21-22(8,9)17(5,6)7;3*1-3-4-2;/h12,14-15H,10-11,13H2,1-9H3;3*1,3-4H2,2H3;. The third-order valence-electron chi connectivity index (χ3n) is 8.21. The number of carbonyl (C=O) groups excluding carboxylic acids is 1. The molecular weight excluding hydrogens is 557 g/mol. The van der Waals surface area contributed by atoms with Crippen LogP contribution in [0.1, 0.15) is 121 Å². The maximum absolute atomic E-state index is 13.5. The molecule has 0 rings (SSSR count). The van der Waals surface area contributed by atoms with E-state index in [0.717, 1.165) is 19.4 Å². The molecule has 0 radical (unpaired) electrons. The van der Waals surface area contributed by atoms with Gasteiger partial charge in [0, 0.05) is 0 Å². The van der Waals surface area contributed by atoms with Crippen molar-refractivity contribution in [3.05, 3.63) is 0 Å². The molecule has 0 aromatic carbocycles. The van der Waals surface area contributed by atoms with E-state index in [2.05, 4.69) is 82.3 Å². The molecule has 0 aromatic heterocycles. The fourth-order valence-electron chi connectivity index (χ4n) is 4.95. The Balaban J connectivity index is 5.96. The van der Waals surface area contributed by atoms with Crippen LogP contribution in [0.15, 0.2) is 0 Å². The average Bonchev–Trinajstić information content (AvgIpc) is 2.74. The molecule has 0 heterocycles. The van der Waals surface area contributed by atoms with Gasteiger partial charge < -0.3 is 0 Å².